The molecular weight excluding hydrogens is 490 g/mol. The molecule has 0 bridgehead atoms. The third-order valence-electron chi connectivity index (χ3n) is 7.71. The number of carbonyl (C=O) groups is 4. The maximum Gasteiger partial charge on any atom is 0.287 e. The summed E-state index contributed by atoms with van der Waals surface area (Å²) >= 11 is 0. The Balaban J connectivity index is 0. The van der Waals surface area contributed by atoms with Gasteiger partial charge in [-0.15, -0.1) is 0 Å². The smallest absolute Gasteiger partial charge is 0.287 e. The predicted molar refractivity (Wildman–Crippen MR) is 163 cm³/mol. The van der Waals surface area contributed by atoms with Crippen LogP contribution in [0.4, 0.5) is 0 Å². The zero-order valence-electron chi connectivity index (χ0n) is 26.5. The fourth-order valence-corrected chi connectivity index (χ4v) is 5.56. The van der Waals surface area contributed by atoms with Crippen LogP contribution in [0.15, 0.2) is 0 Å². The molecule has 230 valence electrons. The molecular formula is C32H63N3O4. The lowest BCUT2D eigenvalue weighted by molar-refractivity contribution is -0.141. The number of rotatable bonds is 9. The summed E-state index contributed by atoms with van der Waals surface area (Å²) in [6, 6.07) is -0.194. The molecule has 3 fully saturated rings. The minimum atomic E-state index is -0.356. The molecule has 0 aliphatic heterocycles. The van der Waals surface area contributed by atoms with Gasteiger partial charge in [0.1, 0.15) is 6.29 Å². The second-order valence-electron chi connectivity index (χ2n) is 11.9. The number of ketones is 1. The van der Waals surface area contributed by atoms with Crippen molar-refractivity contribution in [2.75, 3.05) is 6.54 Å². The number of likely N-dealkylation sites (N-methyl/N-ethyl adjacent to an activating group) is 1. The van der Waals surface area contributed by atoms with E-state index in [1.807, 2.05) is 20.8 Å². The largest absolute Gasteiger partial charge is 0.372 e. The van der Waals surface area contributed by atoms with E-state index < -0.39 is 0 Å². The molecule has 3 aliphatic rings. The van der Waals surface area contributed by atoms with Gasteiger partial charge in [-0.1, -0.05) is 87.0 Å². The van der Waals surface area contributed by atoms with Crippen molar-refractivity contribution in [1.29, 1.82) is 0 Å². The van der Waals surface area contributed by atoms with Gasteiger partial charge in [0.2, 0.25) is 12.2 Å². The van der Waals surface area contributed by atoms with Gasteiger partial charge in [-0.05, 0) is 74.5 Å². The van der Waals surface area contributed by atoms with Gasteiger partial charge in [-0.2, -0.15) is 0 Å². The predicted octanol–water partition coefficient (Wildman–Crippen LogP) is 6.06. The van der Waals surface area contributed by atoms with Crippen molar-refractivity contribution in [3.05, 3.63) is 0 Å². The van der Waals surface area contributed by atoms with E-state index in [9.17, 15) is 14.4 Å². The lowest BCUT2D eigenvalue weighted by Gasteiger charge is -2.23. The first kappa shape index (κ1) is 39.4. The summed E-state index contributed by atoms with van der Waals surface area (Å²) < 4.78 is 0. The number of nitrogens with two attached hydrogens (primary N) is 2. The second-order valence-corrected chi connectivity index (χ2v) is 11.9. The van der Waals surface area contributed by atoms with Crippen LogP contribution in [0.1, 0.15) is 126 Å². The lowest BCUT2D eigenvalue weighted by Crippen LogP contribution is -2.38. The van der Waals surface area contributed by atoms with Gasteiger partial charge < -0.3 is 21.6 Å². The number of nitrogens with one attached hydrogen (secondary N) is 1. The monoisotopic (exact) mass is 553 g/mol. The van der Waals surface area contributed by atoms with Gasteiger partial charge in [-0.25, -0.2) is 0 Å². The van der Waals surface area contributed by atoms with Crippen LogP contribution in [0.3, 0.4) is 0 Å². The molecule has 5 N–H and O–H groups in total. The Labute approximate surface area is 240 Å². The molecule has 39 heavy (non-hydrogen) atoms. The average molecular weight is 554 g/mol. The quantitative estimate of drug-likeness (QED) is 0.236. The summed E-state index contributed by atoms with van der Waals surface area (Å²) in [7, 11) is 0. The molecule has 5 atom stereocenters. The minimum Gasteiger partial charge on any atom is -0.372 e. The second kappa shape index (κ2) is 24.1. The zero-order chi connectivity index (χ0) is 30.4. The molecule has 0 spiro atoms. The molecule has 7 heteroatoms. The molecule has 0 heterocycles. The van der Waals surface area contributed by atoms with Crippen molar-refractivity contribution in [3.63, 3.8) is 0 Å². The first-order valence-electron chi connectivity index (χ1n) is 15.7. The first-order chi connectivity index (χ1) is 18.6. The number of hydrogen-bond donors (Lipinski definition) is 3. The van der Waals surface area contributed by atoms with Crippen LogP contribution in [0.5, 0.6) is 0 Å². The summed E-state index contributed by atoms with van der Waals surface area (Å²) in [5, 5.41) is 2.69. The Kier molecular flexibility index (Phi) is 24.3. The van der Waals surface area contributed by atoms with Crippen molar-refractivity contribution in [3.8, 4) is 0 Å². The van der Waals surface area contributed by atoms with Gasteiger partial charge in [0.25, 0.3) is 5.91 Å². The Morgan fingerprint density at radius 3 is 1.82 bits per heavy atom. The molecule has 3 rings (SSSR count). The Morgan fingerprint density at radius 1 is 0.923 bits per heavy atom. The lowest BCUT2D eigenvalue weighted by atomic mass is 9.82. The number of hydrogen-bond acceptors (Lipinski definition) is 5. The standard InChI is InChI=1S/C17H29NO2.C8H15NO.C4H10.C2H6.CH3NO/c1-4-13-10-14(8-11(13)3)15(9-12-6-7-12)16(19)17(20)18-5-2;9-8(6-10)7-4-2-1-3-5-7;1-4(2)3;1-2;2-1-3/h11-15H,4-10H2,1-3H3,(H,18,20);6-8H,1-5,9H2;4H,1-3H3;1-2H3;1H,(H2,2,3). The van der Waals surface area contributed by atoms with Crippen LogP contribution in [0, 0.1) is 41.4 Å². The molecule has 7 nitrogen and oxygen atoms in total. The maximum absolute atomic E-state index is 12.5. The fourth-order valence-electron chi connectivity index (χ4n) is 5.56. The topological polar surface area (TPSA) is 132 Å². The van der Waals surface area contributed by atoms with Crippen LogP contribution in [0.25, 0.3) is 0 Å². The van der Waals surface area contributed by atoms with E-state index in [1.54, 1.807) is 0 Å². The number of carbonyl (C=O) groups excluding carboxylic acids is 4. The minimum absolute atomic E-state index is 0.0203. The van der Waals surface area contributed by atoms with Crippen molar-refractivity contribution in [2.45, 2.75) is 132 Å². The van der Waals surface area contributed by atoms with Crippen LogP contribution in [-0.2, 0) is 19.2 Å². The molecule has 3 saturated carbocycles. The van der Waals surface area contributed by atoms with E-state index in [4.69, 9.17) is 10.5 Å². The van der Waals surface area contributed by atoms with Crippen LogP contribution in [-0.4, -0.2) is 37.0 Å². The molecule has 0 aromatic carbocycles. The molecule has 0 radical (unpaired) electrons. The molecule has 2 amide bonds. The van der Waals surface area contributed by atoms with Gasteiger partial charge in [-0.3, -0.25) is 14.4 Å². The van der Waals surface area contributed by atoms with Crippen LogP contribution < -0.4 is 16.8 Å². The Morgan fingerprint density at radius 2 is 1.44 bits per heavy atom. The van der Waals surface area contributed by atoms with Gasteiger partial charge >= 0.3 is 0 Å². The van der Waals surface area contributed by atoms with E-state index in [0.717, 1.165) is 50.2 Å². The highest BCUT2D eigenvalue weighted by molar-refractivity contribution is 6.37. The highest BCUT2D eigenvalue weighted by Gasteiger charge is 2.42. The van der Waals surface area contributed by atoms with Gasteiger partial charge in [0, 0.05) is 12.5 Å². The zero-order valence-corrected chi connectivity index (χ0v) is 26.5. The van der Waals surface area contributed by atoms with Gasteiger partial charge in [0.05, 0.1) is 6.04 Å². The van der Waals surface area contributed by atoms with E-state index in [-0.39, 0.29) is 30.1 Å². The SMILES string of the molecule is CC.CC(C)C.CCNC(=O)C(=O)C(CC1CC1)C1CC(C)C(CC)C1.NC(C=O)C1CCCCC1.NC=O. The van der Waals surface area contributed by atoms with Crippen molar-refractivity contribution in [2.24, 2.45) is 52.9 Å². The number of aldehydes is 1. The normalized spacial score (nSPS) is 23.5. The van der Waals surface area contributed by atoms with Crippen molar-refractivity contribution >= 4 is 24.4 Å². The molecule has 0 aromatic rings. The van der Waals surface area contributed by atoms with Gasteiger partial charge in [0.15, 0.2) is 0 Å². The summed E-state index contributed by atoms with van der Waals surface area (Å²) in [6.07, 6.45) is 14.2. The molecule has 3 aliphatic carbocycles. The number of amides is 2. The molecule has 0 saturated heterocycles. The first-order valence-corrected chi connectivity index (χ1v) is 15.7. The highest BCUT2D eigenvalue weighted by atomic mass is 16.2. The maximum atomic E-state index is 12.5. The summed E-state index contributed by atoms with van der Waals surface area (Å²) in [5.74, 6) is 3.37. The van der Waals surface area contributed by atoms with E-state index in [1.165, 1.54) is 38.5 Å². The summed E-state index contributed by atoms with van der Waals surface area (Å²) in [4.78, 5) is 43.3. The molecule has 5 unspecified atom stereocenters. The summed E-state index contributed by atoms with van der Waals surface area (Å²) in [6.45, 7) is 17.5. The third kappa shape index (κ3) is 18.3. The van der Waals surface area contributed by atoms with Crippen molar-refractivity contribution < 1.29 is 19.2 Å². The Hall–Kier alpha value is -1.76. The van der Waals surface area contributed by atoms with Crippen LogP contribution in [0.2, 0.25) is 0 Å². The van der Waals surface area contributed by atoms with Crippen LogP contribution >= 0.6 is 0 Å². The van der Waals surface area contributed by atoms with E-state index in [2.05, 4.69) is 45.7 Å². The third-order valence-corrected chi connectivity index (χ3v) is 7.71. The van der Waals surface area contributed by atoms with E-state index >= 15 is 0 Å². The fraction of sp³-hybridized carbons (Fsp3) is 0.875. The number of Topliss-reactive ketones (excluding diaryl/α,β-unsaturated/α-hetero) is 1. The highest BCUT2D eigenvalue weighted by Crippen LogP contribution is 2.46. The Bertz CT molecular complexity index is 643. The number of primary amides is 1. The summed E-state index contributed by atoms with van der Waals surface area (Å²) in [5.41, 5.74) is 9.75. The van der Waals surface area contributed by atoms with E-state index in [0.29, 0.717) is 30.2 Å². The molecule has 0 aromatic heterocycles. The van der Waals surface area contributed by atoms with Crippen molar-refractivity contribution in [1.82, 2.24) is 5.32 Å². The average Bonchev–Trinajstić information content (AvgIpc) is 3.68.